The fraction of sp³-hybridized carbons (Fsp3) is 0.370. The zero-order valence-electron chi connectivity index (χ0n) is 20.7. The first-order valence-corrected chi connectivity index (χ1v) is 12.5. The number of fused-ring (bicyclic) bond motifs is 2. The minimum absolute atomic E-state index is 0.0625. The predicted octanol–water partition coefficient (Wildman–Crippen LogP) is 4.25. The highest BCUT2D eigenvalue weighted by atomic mass is 35.5. The van der Waals surface area contributed by atoms with E-state index in [1.165, 1.54) is 6.33 Å². The van der Waals surface area contributed by atoms with Gasteiger partial charge in [0.25, 0.3) is 0 Å². The Bertz CT molecular complexity index is 1340. The molecule has 37 heavy (non-hydrogen) atoms. The molecule has 1 aromatic heterocycles. The number of nitrogens with one attached hydrogen (secondary N) is 1. The Labute approximate surface area is 219 Å². The number of methoxy groups -OCH3 is 1. The van der Waals surface area contributed by atoms with Crippen LogP contribution in [-0.2, 0) is 20.7 Å². The molecular weight excluding hydrogens is 499 g/mol. The van der Waals surface area contributed by atoms with Crippen LogP contribution in [0.2, 0.25) is 5.02 Å². The van der Waals surface area contributed by atoms with E-state index in [0.29, 0.717) is 58.4 Å². The van der Waals surface area contributed by atoms with Gasteiger partial charge in [0.1, 0.15) is 17.9 Å². The summed E-state index contributed by atoms with van der Waals surface area (Å²) in [5.41, 5.74) is 1.88. The molecule has 2 aliphatic rings. The third-order valence-electron chi connectivity index (χ3n) is 6.68. The van der Waals surface area contributed by atoms with Crippen molar-refractivity contribution in [2.75, 3.05) is 45.3 Å². The van der Waals surface area contributed by atoms with Crippen molar-refractivity contribution in [2.24, 2.45) is 0 Å². The van der Waals surface area contributed by atoms with Crippen LogP contribution in [0.1, 0.15) is 11.1 Å². The summed E-state index contributed by atoms with van der Waals surface area (Å²) in [5, 5.41) is 4.02. The number of aromatic nitrogens is 2. The van der Waals surface area contributed by atoms with Gasteiger partial charge < -0.3 is 19.5 Å². The second-order valence-corrected chi connectivity index (χ2v) is 9.55. The summed E-state index contributed by atoms with van der Waals surface area (Å²) in [5.74, 6) is 0.443. The summed E-state index contributed by atoms with van der Waals surface area (Å²) < 4.78 is 31.8. The molecule has 2 fully saturated rings. The number of benzene rings is 2. The standard InChI is InChI=1S/C27H28ClFN4O4/c1-16-20(28)5-6-21(26(16)29)32-27-19-11-17(23(35-2)12-22(19)30-15-31-27)10-18(34)4-3-7-33-13-24-25(14-33)37-9-8-36-24/h3-6,11-12,15,24-25H,7-10,13-14H2,1-2H3,(H,30,31,32)/b4-3+/t24-,25+. The monoisotopic (exact) mass is 526 g/mol. The number of likely N-dealkylation sites (tertiary alicyclic amines) is 1. The van der Waals surface area contributed by atoms with Crippen LogP contribution in [0, 0.1) is 12.7 Å². The van der Waals surface area contributed by atoms with E-state index in [4.69, 9.17) is 25.8 Å². The minimum Gasteiger partial charge on any atom is -0.496 e. The topological polar surface area (TPSA) is 85.8 Å². The summed E-state index contributed by atoms with van der Waals surface area (Å²) in [6.45, 7) is 5.12. The Morgan fingerprint density at radius 2 is 2.00 bits per heavy atom. The first kappa shape index (κ1) is 25.5. The van der Waals surface area contributed by atoms with Gasteiger partial charge in [-0.05, 0) is 31.2 Å². The zero-order valence-corrected chi connectivity index (χ0v) is 21.4. The molecule has 0 amide bonds. The molecule has 5 rings (SSSR count). The van der Waals surface area contributed by atoms with Crippen molar-refractivity contribution < 1.29 is 23.4 Å². The number of ketones is 1. The van der Waals surface area contributed by atoms with Gasteiger partial charge >= 0.3 is 0 Å². The molecule has 0 radical (unpaired) electrons. The van der Waals surface area contributed by atoms with Gasteiger partial charge in [0, 0.05) is 53.7 Å². The first-order valence-electron chi connectivity index (χ1n) is 12.1. The van der Waals surface area contributed by atoms with E-state index < -0.39 is 5.82 Å². The van der Waals surface area contributed by atoms with Gasteiger partial charge in [-0.2, -0.15) is 0 Å². The molecule has 2 aromatic carbocycles. The van der Waals surface area contributed by atoms with Gasteiger partial charge in [0.05, 0.1) is 43.7 Å². The third-order valence-corrected chi connectivity index (χ3v) is 7.09. The van der Waals surface area contributed by atoms with Gasteiger partial charge in [-0.25, -0.2) is 14.4 Å². The highest BCUT2D eigenvalue weighted by Crippen LogP contribution is 2.32. The lowest BCUT2D eigenvalue weighted by molar-refractivity contribution is -0.116. The van der Waals surface area contributed by atoms with Crippen LogP contribution < -0.4 is 10.1 Å². The molecule has 0 bridgehead atoms. The van der Waals surface area contributed by atoms with Gasteiger partial charge in [0.2, 0.25) is 0 Å². The predicted molar refractivity (Wildman–Crippen MR) is 139 cm³/mol. The fourth-order valence-electron chi connectivity index (χ4n) is 4.71. The Balaban J connectivity index is 1.32. The summed E-state index contributed by atoms with van der Waals surface area (Å²) in [4.78, 5) is 23.7. The summed E-state index contributed by atoms with van der Waals surface area (Å²) >= 11 is 6.03. The number of carbonyl (C=O) groups is 1. The first-order chi connectivity index (χ1) is 17.9. The van der Waals surface area contributed by atoms with Crippen LogP contribution >= 0.6 is 11.6 Å². The number of allylic oxidation sites excluding steroid dienone is 1. The molecule has 0 spiro atoms. The number of nitrogens with zero attached hydrogens (tertiary/aromatic N) is 3. The van der Waals surface area contributed by atoms with Crippen LogP contribution in [0.3, 0.4) is 0 Å². The zero-order chi connectivity index (χ0) is 25.9. The number of ether oxygens (including phenoxy) is 3. The van der Waals surface area contributed by atoms with Gasteiger partial charge in [0.15, 0.2) is 11.6 Å². The summed E-state index contributed by atoms with van der Waals surface area (Å²) in [7, 11) is 1.55. The van der Waals surface area contributed by atoms with Gasteiger partial charge in [-0.3, -0.25) is 9.69 Å². The van der Waals surface area contributed by atoms with E-state index in [-0.39, 0.29) is 30.1 Å². The number of rotatable bonds is 8. The largest absolute Gasteiger partial charge is 0.496 e. The number of anilines is 2. The molecule has 0 unspecified atom stereocenters. The van der Waals surface area contributed by atoms with E-state index in [1.54, 1.807) is 38.3 Å². The van der Waals surface area contributed by atoms with Crippen LogP contribution in [0.5, 0.6) is 5.75 Å². The normalized spacial score (nSPS) is 19.9. The molecule has 10 heteroatoms. The van der Waals surface area contributed by atoms with Crippen molar-refractivity contribution in [1.29, 1.82) is 0 Å². The Kier molecular flexibility index (Phi) is 7.66. The number of hydrogen-bond donors (Lipinski definition) is 1. The average Bonchev–Trinajstić information content (AvgIpc) is 3.31. The van der Waals surface area contributed by atoms with Crippen molar-refractivity contribution in [3.63, 3.8) is 0 Å². The van der Waals surface area contributed by atoms with E-state index >= 15 is 0 Å². The second kappa shape index (κ2) is 11.1. The lowest BCUT2D eigenvalue weighted by Crippen LogP contribution is -2.36. The van der Waals surface area contributed by atoms with Crippen LogP contribution in [0.25, 0.3) is 10.9 Å². The molecule has 194 valence electrons. The van der Waals surface area contributed by atoms with Crippen LogP contribution in [0.4, 0.5) is 15.9 Å². The number of carbonyl (C=O) groups excluding carboxylic acids is 1. The molecule has 8 nitrogen and oxygen atoms in total. The Hall–Kier alpha value is -3.11. The quantitative estimate of drug-likeness (QED) is 0.436. The van der Waals surface area contributed by atoms with E-state index in [1.807, 2.05) is 12.1 Å². The molecule has 2 atom stereocenters. The maximum absolute atomic E-state index is 14.8. The molecule has 2 saturated heterocycles. The Morgan fingerprint density at radius 1 is 1.24 bits per heavy atom. The number of halogens is 2. The van der Waals surface area contributed by atoms with E-state index in [0.717, 1.165) is 13.1 Å². The average molecular weight is 527 g/mol. The highest BCUT2D eigenvalue weighted by molar-refractivity contribution is 6.31. The maximum atomic E-state index is 14.8. The number of hydrogen-bond acceptors (Lipinski definition) is 8. The molecular formula is C27H28ClFN4O4. The van der Waals surface area contributed by atoms with Crippen LogP contribution in [-0.4, -0.2) is 72.8 Å². The van der Waals surface area contributed by atoms with E-state index in [9.17, 15) is 9.18 Å². The summed E-state index contributed by atoms with van der Waals surface area (Å²) in [6.07, 6.45) is 5.21. The Morgan fingerprint density at radius 3 is 2.73 bits per heavy atom. The van der Waals surface area contributed by atoms with Crippen molar-refractivity contribution in [3.8, 4) is 5.75 Å². The lowest BCUT2D eigenvalue weighted by Gasteiger charge is -2.24. The SMILES string of the molecule is COc1cc2ncnc(Nc3ccc(Cl)c(C)c3F)c2cc1CC(=O)/C=C/CN1C[C@@H]2OCCO[C@@H]2C1. The maximum Gasteiger partial charge on any atom is 0.159 e. The molecule has 3 aromatic rings. The van der Waals surface area contributed by atoms with Gasteiger partial charge in [-0.1, -0.05) is 17.7 Å². The second-order valence-electron chi connectivity index (χ2n) is 9.14. The fourth-order valence-corrected chi connectivity index (χ4v) is 4.85. The van der Waals surface area contributed by atoms with E-state index in [2.05, 4.69) is 20.2 Å². The molecule has 0 saturated carbocycles. The molecule has 2 aliphatic heterocycles. The highest BCUT2D eigenvalue weighted by Gasteiger charge is 2.35. The smallest absolute Gasteiger partial charge is 0.159 e. The summed E-state index contributed by atoms with van der Waals surface area (Å²) in [6, 6.07) is 6.75. The molecule has 0 aliphatic carbocycles. The third kappa shape index (κ3) is 5.60. The van der Waals surface area contributed by atoms with Crippen molar-refractivity contribution >= 4 is 39.8 Å². The van der Waals surface area contributed by atoms with Crippen molar-refractivity contribution in [2.45, 2.75) is 25.6 Å². The van der Waals surface area contributed by atoms with Crippen LogP contribution in [0.15, 0.2) is 42.7 Å². The van der Waals surface area contributed by atoms with Crippen molar-refractivity contribution in [1.82, 2.24) is 14.9 Å². The molecule has 3 heterocycles. The lowest BCUT2D eigenvalue weighted by atomic mass is 10.0. The molecule has 1 N–H and O–H groups in total. The minimum atomic E-state index is -0.455. The van der Waals surface area contributed by atoms with Gasteiger partial charge in [-0.15, -0.1) is 0 Å². The van der Waals surface area contributed by atoms with Crippen molar-refractivity contribution in [3.05, 3.63) is 64.7 Å².